The summed E-state index contributed by atoms with van der Waals surface area (Å²) < 4.78 is 1.94. The van der Waals surface area contributed by atoms with Crippen LogP contribution in [0.1, 0.15) is 52.7 Å². The molecule has 4 aromatic rings. The van der Waals surface area contributed by atoms with Crippen LogP contribution in [0.3, 0.4) is 0 Å². The molecule has 39 heavy (non-hydrogen) atoms. The van der Waals surface area contributed by atoms with Gasteiger partial charge in [0, 0.05) is 48.8 Å². The fraction of sp³-hybridized carbons (Fsp3) is 0.290. The molecule has 0 atom stereocenters. The van der Waals surface area contributed by atoms with Gasteiger partial charge in [0.25, 0.3) is 11.4 Å². The van der Waals surface area contributed by atoms with E-state index in [-0.39, 0.29) is 32.1 Å². The molecular formula is C31H35N4O4+. The predicted molar refractivity (Wildman–Crippen MR) is 153 cm³/mol. The minimum absolute atomic E-state index is 0.0670. The van der Waals surface area contributed by atoms with Crippen LogP contribution in [0, 0.1) is 20.2 Å². The lowest BCUT2D eigenvalue weighted by Crippen LogP contribution is -2.25. The highest BCUT2D eigenvalue weighted by Crippen LogP contribution is 2.36. The Morgan fingerprint density at radius 3 is 1.38 bits per heavy atom. The third kappa shape index (κ3) is 7.31. The topological polar surface area (TPSA) is 103 Å². The Morgan fingerprint density at radius 1 is 0.641 bits per heavy atom. The second kappa shape index (κ2) is 11.5. The van der Waals surface area contributed by atoms with Crippen molar-refractivity contribution in [1.82, 2.24) is 4.98 Å². The minimum atomic E-state index is -0.364. The van der Waals surface area contributed by atoms with Gasteiger partial charge in [-0.05, 0) is 56.3 Å². The first-order valence-corrected chi connectivity index (χ1v) is 12.6. The standard InChI is InChI=1S/C16H19N2O2.C15H16N2O2/c1-16(2,3)15-6-5-13(18(19)20)11-14(15)12-7-9-17(4)10-8-12;1-15(2,3)14-5-4-12(17(18)19)10-13(14)11-6-8-16-9-7-11/h5-11H,1-4H3;4-10H,1-3H3/q+1;. The Kier molecular flexibility index (Phi) is 8.59. The van der Waals surface area contributed by atoms with Crippen LogP contribution in [0.5, 0.6) is 0 Å². The van der Waals surface area contributed by atoms with Gasteiger partial charge in [0.2, 0.25) is 0 Å². The van der Waals surface area contributed by atoms with Crippen molar-refractivity contribution >= 4 is 11.4 Å². The van der Waals surface area contributed by atoms with Gasteiger partial charge in [0.15, 0.2) is 12.4 Å². The summed E-state index contributed by atoms with van der Waals surface area (Å²) in [6.45, 7) is 12.6. The third-order valence-corrected chi connectivity index (χ3v) is 6.32. The lowest BCUT2D eigenvalue weighted by Gasteiger charge is -2.22. The summed E-state index contributed by atoms with van der Waals surface area (Å²) in [6.07, 6.45) is 7.28. The van der Waals surface area contributed by atoms with Crippen LogP contribution >= 0.6 is 0 Å². The summed E-state index contributed by atoms with van der Waals surface area (Å²) in [4.78, 5) is 25.2. The van der Waals surface area contributed by atoms with E-state index in [9.17, 15) is 20.2 Å². The molecule has 2 aromatic carbocycles. The van der Waals surface area contributed by atoms with Crippen molar-refractivity contribution in [2.24, 2.45) is 7.05 Å². The molecule has 0 unspecified atom stereocenters. The van der Waals surface area contributed by atoms with Crippen molar-refractivity contribution in [3.8, 4) is 22.3 Å². The Labute approximate surface area is 229 Å². The quantitative estimate of drug-likeness (QED) is 0.157. The molecule has 2 aromatic heterocycles. The smallest absolute Gasteiger partial charge is 0.265 e. The maximum atomic E-state index is 11.0. The Balaban J connectivity index is 0.000000216. The molecule has 0 saturated carbocycles. The zero-order valence-electron chi connectivity index (χ0n) is 23.5. The molecule has 0 fully saturated rings. The monoisotopic (exact) mass is 527 g/mol. The highest BCUT2D eigenvalue weighted by atomic mass is 16.6. The Bertz CT molecular complexity index is 1470. The first-order valence-electron chi connectivity index (χ1n) is 12.6. The average molecular weight is 528 g/mol. The van der Waals surface area contributed by atoms with E-state index in [4.69, 9.17) is 0 Å². The van der Waals surface area contributed by atoms with Crippen LogP contribution < -0.4 is 4.57 Å². The Hall–Kier alpha value is -4.46. The molecule has 0 N–H and O–H groups in total. The number of hydrogen-bond donors (Lipinski definition) is 0. The highest BCUT2D eigenvalue weighted by molar-refractivity contribution is 5.71. The molecular weight excluding hydrogens is 492 g/mol. The first kappa shape index (κ1) is 29.1. The maximum Gasteiger partial charge on any atom is 0.270 e. The van der Waals surface area contributed by atoms with Crippen molar-refractivity contribution in [3.63, 3.8) is 0 Å². The van der Waals surface area contributed by atoms with Crippen molar-refractivity contribution in [1.29, 1.82) is 0 Å². The van der Waals surface area contributed by atoms with Gasteiger partial charge in [0.1, 0.15) is 7.05 Å². The summed E-state index contributed by atoms with van der Waals surface area (Å²) >= 11 is 0. The van der Waals surface area contributed by atoms with Gasteiger partial charge >= 0.3 is 0 Å². The van der Waals surface area contributed by atoms with E-state index in [1.807, 2.05) is 60.4 Å². The van der Waals surface area contributed by atoms with E-state index in [2.05, 4.69) is 46.5 Å². The van der Waals surface area contributed by atoms with E-state index >= 15 is 0 Å². The summed E-state index contributed by atoms with van der Waals surface area (Å²) in [7, 11) is 1.95. The van der Waals surface area contributed by atoms with E-state index < -0.39 is 0 Å². The SMILES string of the molecule is CC(C)(C)c1ccc([N+](=O)[O-])cc1-c1ccncc1.C[n+]1ccc(-c2cc([N+](=O)[O-])ccc2C(C)(C)C)cc1. The van der Waals surface area contributed by atoms with Crippen LogP contribution in [0.25, 0.3) is 22.3 Å². The number of pyridine rings is 2. The summed E-state index contributed by atoms with van der Waals surface area (Å²) in [5.74, 6) is 0. The van der Waals surface area contributed by atoms with Crippen molar-refractivity contribution in [2.45, 2.75) is 52.4 Å². The van der Waals surface area contributed by atoms with Gasteiger partial charge in [-0.2, -0.15) is 0 Å². The van der Waals surface area contributed by atoms with E-state index in [1.54, 1.807) is 36.7 Å². The van der Waals surface area contributed by atoms with Gasteiger partial charge in [-0.25, -0.2) is 4.57 Å². The maximum absolute atomic E-state index is 11.0. The van der Waals surface area contributed by atoms with E-state index in [1.165, 1.54) is 0 Å². The molecule has 0 amide bonds. The second-order valence-corrected chi connectivity index (χ2v) is 11.5. The average Bonchev–Trinajstić information content (AvgIpc) is 2.88. The van der Waals surface area contributed by atoms with Crippen LogP contribution in [0.4, 0.5) is 11.4 Å². The van der Waals surface area contributed by atoms with Crippen molar-refractivity contribution in [3.05, 3.63) is 117 Å². The number of nitrogens with zero attached hydrogens (tertiary/aromatic N) is 4. The van der Waals surface area contributed by atoms with Gasteiger partial charge < -0.3 is 0 Å². The molecule has 4 rings (SSSR count). The molecule has 0 bridgehead atoms. The summed E-state index contributed by atoms with van der Waals surface area (Å²) in [5.41, 5.74) is 6.05. The van der Waals surface area contributed by atoms with Gasteiger partial charge in [-0.1, -0.05) is 53.7 Å². The third-order valence-electron chi connectivity index (χ3n) is 6.32. The molecule has 0 aliphatic rings. The number of nitro benzene ring substituents is 2. The number of rotatable bonds is 4. The Morgan fingerprint density at radius 2 is 1.03 bits per heavy atom. The number of non-ortho nitro benzene ring substituents is 2. The number of aryl methyl sites for hydroxylation is 1. The first-order chi connectivity index (χ1) is 18.2. The summed E-state index contributed by atoms with van der Waals surface area (Å²) in [6, 6.07) is 17.8. The zero-order valence-corrected chi connectivity index (χ0v) is 23.5. The molecule has 0 aliphatic heterocycles. The number of benzene rings is 2. The van der Waals surface area contributed by atoms with Crippen LogP contribution in [0.15, 0.2) is 85.5 Å². The van der Waals surface area contributed by atoms with Crippen LogP contribution in [-0.2, 0) is 17.9 Å². The van der Waals surface area contributed by atoms with Crippen LogP contribution in [-0.4, -0.2) is 14.8 Å². The van der Waals surface area contributed by atoms with Gasteiger partial charge in [-0.15, -0.1) is 0 Å². The normalized spacial score (nSPS) is 11.4. The van der Waals surface area contributed by atoms with E-state index in [0.717, 1.165) is 33.4 Å². The minimum Gasteiger partial charge on any atom is -0.265 e. The molecule has 8 heteroatoms. The number of nitro groups is 2. The predicted octanol–water partition coefficient (Wildman–Crippen LogP) is 7.34. The molecule has 202 valence electrons. The number of aromatic nitrogens is 2. The fourth-order valence-corrected chi connectivity index (χ4v) is 4.29. The molecule has 0 saturated heterocycles. The largest absolute Gasteiger partial charge is 0.270 e. The van der Waals surface area contributed by atoms with Gasteiger partial charge in [-0.3, -0.25) is 25.2 Å². The molecule has 2 heterocycles. The number of hydrogen-bond acceptors (Lipinski definition) is 5. The second-order valence-electron chi connectivity index (χ2n) is 11.5. The molecule has 0 radical (unpaired) electrons. The van der Waals surface area contributed by atoms with Crippen molar-refractivity contribution < 1.29 is 14.4 Å². The zero-order chi connectivity index (χ0) is 29.0. The lowest BCUT2D eigenvalue weighted by atomic mass is 9.82. The fourth-order valence-electron chi connectivity index (χ4n) is 4.29. The van der Waals surface area contributed by atoms with E-state index in [0.29, 0.717) is 0 Å². The lowest BCUT2D eigenvalue weighted by molar-refractivity contribution is -0.671. The molecule has 8 nitrogen and oxygen atoms in total. The summed E-state index contributed by atoms with van der Waals surface area (Å²) in [5, 5.41) is 21.9. The molecule has 0 aliphatic carbocycles. The van der Waals surface area contributed by atoms with Crippen molar-refractivity contribution in [2.75, 3.05) is 0 Å². The molecule has 0 spiro atoms. The van der Waals surface area contributed by atoms with Crippen LogP contribution in [0.2, 0.25) is 0 Å². The van der Waals surface area contributed by atoms with Gasteiger partial charge in [0.05, 0.1) is 9.85 Å². The highest BCUT2D eigenvalue weighted by Gasteiger charge is 2.22.